The van der Waals surface area contributed by atoms with Crippen LogP contribution < -0.4 is 11.1 Å². The Kier molecular flexibility index (Phi) is 5.25. The minimum atomic E-state index is -0.0941. The summed E-state index contributed by atoms with van der Waals surface area (Å²) in [6, 6.07) is 5.00. The van der Waals surface area contributed by atoms with Crippen molar-refractivity contribution in [2.24, 2.45) is 10.7 Å². The second-order valence-electron chi connectivity index (χ2n) is 3.30. The highest BCUT2D eigenvalue weighted by Crippen LogP contribution is 2.27. The molecular formula is C11H13Cl2N3O. The largest absolute Gasteiger partial charge is 0.386 e. The lowest BCUT2D eigenvalue weighted by atomic mass is 10.2. The topological polar surface area (TPSA) is 67.5 Å². The number of benzene rings is 1. The maximum absolute atomic E-state index is 11.2. The molecule has 92 valence electrons. The van der Waals surface area contributed by atoms with Gasteiger partial charge in [0.15, 0.2) is 0 Å². The molecule has 17 heavy (non-hydrogen) atoms. The minimum Gasteiger partial charge on any atom is -0.386 e. The van der Waals surface area contributed by atoms with Gasteiger partial charge in [0.05, 0.1) is 22.3 Å². The number of carbonyl (C=O) groups is 1. The van der Waals surface area contributed by atoms with Crippen LogP contribution in [-0.4, -0.2) is 17.6 Å². The predicted octanol–water partition coefficient (Wildman–Crippen LogP) is 2.92. The monoisotopic (exact) mass is 273 g/mol. The van der Waals surface area contributed by atoms with E-state index in [0.717, 1.165) is 0 Å². The molecule has 0 aromatic heterocycles. The van der Waals surface area contributed by atoms with Crippen molar-refractivity contribution in [3.63, 3.8) is 0 Å². The number of amidine groups is 1. The van der Waals surface area contributed by atoms with Crippen molar-refractivity contribution in [3.8, 4) is 0 Å². The number of halogens is 2. The van der Waals surface area contributed by atoms with E-state index in [4.69, 9.17) is 28.9 Å². The van der Waals surface area contributed by atoms with Crippen LogP contribution in [0.4, 0.5) is 11.4 Å². The first-order valence-electron chi connectivity index (χ1n) is 5.05. The van der Waals surface area contributed by atoms with E-state index < -0.39 is 0 Å². The minimum absolute atomic E-state index is 0.0941. The first-order chi connectivity index (χ1) is 8.06. The molecule has 0 saturated carbocycles. The van der Waals surface area contributed by atoms with E-state index in [1.807, 2.05) is 0 Å². The molecule has 1 aromatic rings. The first-order valence-corrected chi connectivity index (χ1v) is 5.96. The van der Waals surface area contributed by atoms with Crippen LogP contribution in [0.2, 0.25) is 5.02 Å². The van der Waals surface area contributed by atoms with Gasteiger partial charge in [0, 0.05) is 6.42 Å². The quantitative estimate of drug-likeness (QED) is 0.503. The average Bonchev–Trinajstić information content (AvgIpc) is 2.32. The highest BCUT2D eigenvalue weighted by atomic mass is 35.5. The highest BCUT2D eigenvalue weighted by molar-refractivity contribution is 6.34. The molecule has 1 rings (SSSR count). The third-order valence-electron chi connectivity index (χ3n) is 1.96. The lowest BCUT2D eigenvalue weighted by molar-refractivity contribution is -0.115. The SMILES string of the molecule is CCC(=O)Nc1ccc(N=C(N)CCl)cc1Cl. The molecule has 3 N–H and O–H groups in total. The molecule has 0 atom stereocenters. The van der Waals surface area contributed by atoms with Crippen molar-refractivity contribution in [3.05, 3.63) is 23.2 Å². The maximum Gasteiger partial charge on any atom is 0.224 e. The molecule has 0 saturated heterocycles. The Morgan fingerprint density at radius 3 is 2.76 bits per heavy atom. The third-order valence-corrected chi connectivity index (χ3v) is 2.54. The van der Waals surface area contributed by atoms with Crippen molar-refractivity contribution < 1.29 is 4.79 Å². The summed E-state index contributed by atoms with van der Waals surface area (Å²) in [6.45, 7) is 1.77. The van der Waals surface area contributed by atoms with E-state index in [9.17, 15) is 4.79 Å². The third kappa shape index (κ3) is 4.24. The summed E-state index contributed by atoms with van der Waals surface area (Å²) in [5.41, 5.74) is 6.66. The number of hydrogen-bond donors (Lipinski definition) is 2. The number of hydrogen-bond acceptors (Lipinski definition) is 2. The number of nitrogens with two attached hydrogens (primary N) is 1. The van der Waals surface area contributed by atoms with Gasteiger partial charge < -0.3 is 11.1 Å². The number of alkyl halides is 1. The van der Waals surface area contributed by atoms with E-state index in [2.05, 4.69) is 10.3 Å². The molecule has 0 bridgehead atoms. The summed E-state index contributed by atoms with van der Waals surface area (Å²) in [4.78, 5) is 15.3. The number of anilines is 1. The molecule has 0 unspecified atom stereocenters. The zero-order valence-electron chi connectivity index (χ0n) is 9.34. The van der Waals surface area contributed by atoms with Crippen molar-refractivity contribution in [2.75, 3.05) is 11.2 Å². The molecule has 0 fully saturated rings. The molecule has 0 aliphatic heterocycles. The van der Waals surface area contributed by atoms with Crippen LogP contribution in [-0.2, 0) is 4.79 Å². The number of carbonyl (C=O) groups excluding carboxylic acids is 1. The highest BCUT2D eigenvalue weighted by Gasteiger charge is 2.04. The van der Waals surface area contributed by atoms with E-state index in [1.54, 1.807) is 25.1 Å². The maximum atomic E-state index is 11.2. The second-order valence-corrected chi connectivity index (χ2v) is 3.98. The summed E-state index contributed by atoms with van der Waals surface area (Å²) in [6.07, 6.45) is 0.398. The van der Waals surface area contributed by atoms with Crippen LogP contribution in [0.15, 0.2) is 23.2 Å². The molecular weight excluding hydrogens is 261 g/mol. The Morgan fingerprint density at radius 1 is 1.53 bits per heavy atom. The number of amides is 1. The van der Waals surface area contributed by atoms with Gasteiger partial charge in [-0.25, -0.2) is 4.99 Å². The van der Waals surface area contributed by atoms with Crippen molar-refractivity contribution in [2.45, 2.75) is 13.3 Å². The zero-order chi connectivity index (χ0) is 12.8. The van der Waals surface area contributed by atoms with Gasteiger partial charge in [-0.15, -0.1) is 11.6 Å². The molecule has 0 spiro atoms. The molecule has 0 heterocycles. The zero-order valence-corrected chi connectivity index (χ0v) is 10.8. The Balaban J connectivity index is 2.90. The average molecular weight is 274 g/mol. The van der Waals surface area contributed by atoms with Gasteiger partial charge in [-0.3, -0.25) is 4.79 Å². The van der Waals surface area contributed by atoms with E-state index in [1.165, 1.54) is 0 Å². The van der Waals surface area contributed by atoms with Crippen LogP contribution in [0, 0.1) is 0 Å². The predicted molar refractivity (Wildman–Crippen MR) is 72.4 cm³/mol. The Hall–Kier alpha value is -1.26. The Bertz CT molecular complexity index is 446. The van der Waals surface area contributed by atoms with Gasteiger partial charge >= 0.3 is 0 Å². The van der Waals surface area contributed by atoms with Gasteiger partial charge in [0.1, 0.15) is 5.84 Å². The molecule has 1 amide bonds. The lowest BCUT2D eigenvalue weighted by Gasteiger charge is -2.06. The Morgan fingerprint density at radius 2 is 2.24 bits per heavy atom. The number of nitrogens with zero attached hydrogens (tertiary/aromatic N) is 1. The van der Waals surface area contributed by atoms with E-state index >= 15 is 0 Å². The standard InChI is InChI=1S/C11H13Cl2N3O/c1-2-11(17)16-9-4-3-7(5-8(9)13)15-10(14)6-12/h3-5H,2,6H2,1H3,(H2,14,15)(H,16,17). The van der Waals surface area contributed by atoms with Gasteiger partial charge in [0.25, 0.3) is 0 Å². The molecule has 0 aliphatic rings. The van der Waals surface area contributed by atoms with Gasteiger partial charge in [-0.05, 0) is 18.2 Å². The number of rotatable bonds is 4. The number of nitrogens with one attached hydrogen (secondary N) is 1. The van der Waals surface area contributed by atoms with Gasteiger partial charge in [-0.1, -0.05) is 18.5 Å². The molecule has 0 aliphatic carbocycles. The molecule has 0 radical (unpaired) electrons. The summed E-state index contributed by atoms with van der Waals surface area (Å²) >= 11 is 11.5. The first kappa shape index (κ1) is 13.8. The normalized spacial score (nSPS) is 11.4. The summed E-state index contributed by atoms with van der Waals surface area (Å²) < 4.78 is 0. The van der Waals surface area contributed by atoms with Crippen molar-refractivity contribution in [1.29, 1.82) is 0 Å². The second kappa shape index (κ2) is 6.47. The Labute approximate surface area is 110 Å². The smallest absolute Gasteiger partial charge is 0.224 e. The summed E-state index contributed by atoms with van der Waals surface area (Å²) in [5.74, 6) is 0.378. The fourth-order valence-electron chi connectivity index (χ4n) is 1.11. The van der Waals surface area contributed by atoms with Crippen molar-refractivity contribution >= 4 is 46.3 Å². The fraction of sp³-hybridized carbons (Fsp3) is 0.273. The molecule has 1 aromatic carbocycles. The van der Waals surface area contributed by atoms with Crippen LogP contribution in [0.25, 0.3) is 0 Å². The van der Waals surface area contributed by atoms with Crippen LogP contribution in [0.1, 0.15) is 13.3 Å². The molecule has 4 nitrogen and oxygen atoms in total. The van der Waals surface area contributed by atoms with E-state index in [0.29, 0.717) is 28.7 Å². The van der Waals surface area contributed by atoms with Crippen molar-refractivity contribution in [1.82, 2.24) is 0 Å². The summed E-state index contributed by atoms with van der Waals surface area (Å²) in [5, 5.41) is 3.09. The van der Waals surface area contributed by atoms with Gasteiger partial charge in [0.2, 0.25) is 5.91 Å². The van der Waals surface area contributed by atoms with Crippen LogP contribution in [0.5, 0.6) is 0 Å². The number of aliphatic imine (C=N–C) groups is 1. The van der Waals surface area contributed by atoms with Crippen LogP contribution in [0.3, 0.4) is 0 Å². The van der Waals surface area contributed by atoms with Crippen LogP contribution >= 0.6 is 23.2 Å². The van der Waals surface area contributed by atoms with E-state index in [-0.39, 0.29) is 11.8 Å². The van der Waals surface area contributed by atoms with Gasteiger partial charge in [-0.2, -0.15) is 0 Å². The fourth-order valence-corrected chi connectivity index (χ4v) is 1.39. The lowest BCUT2D eigenvalue weighted by Crippen LogP contribution is -2.12. The summed E-state index contributed by atoms with van der Waals surface area (Å²) in [7, 11) is 0. The molecule has 6 heteroatoms.